The first-order valence-electron chi connectivity index (χ1n) is 6.18. The van der Waals surface area contributed by atoms with Gasteiger partial charge in [0.15, 0.2) is 8.24 Å². The van der Waals surface area contributed by atoms with Crippen LogP contribution in [0.5, 0.6) is 0 Å². The molecule has 0 aliphatic carbocycles. The minimum atomic E-state index is -1.57. The quantitative estimate of drug-likeness (QED) is 0.690. The monoisotopic (exact) mass is 246 g/mol. The molecule has 0 aliphatic heterocycles. The summed E-state index contributed by atoms with van der Waals surface area (Å²) in [6.07, 6.45) is 4.18. The topological polar surface area (TPSA) is 17.8 Å². The van der Waals surface area contributed by atoms with Crippen LogP contribution in [-0.2, 0) is 0 Å². The maximum absolute atomic E-state index is 4.58. The highest BCUT2D eigenvalue weighted by atomic mass is 28.3. The van der Waals surface area contributed by atoms with Gasteiger partial charge in [-0.3, -0.25) is 0 Å². The van der Waals surface area contributed by atoms with Gasteiger partial charge in [0.05, 0.1) is 0 Å². The van der Waals surface area contributed by atoms with E-state index in [-0.39, 0.29) is 0 Å². The lowest BCUT2D eigenvalue weighted by Gasteiger charge is -2.38. The van der Waals surface area contributed by atoms with E-state index < -0.39 is 8.24 Å². The molecule has 0 aromatic carbocycles. The van der Waals surface area contributed by atoms with Crippen molar-refractivity contribution in [3.05, 3.63) is 30.1 Å². The van der Waals surface area contributed by atoms with Gasteiger partial charge >= 0.3 is 0 Å². The molecule has 0 aliphatic rings. The first kappa shape index (κ1) is 12.4. The Morgan fingerprint density at radius 3 is 2.47 bits per heavy atom. The predicted octanol–water partition coefficient (Wildman–Crippen LogP) is 4.20. The Bertz CT molecular complexity index is 547. The van der Waals surface area contributed by atoms with E-state index in [9.17, 15) is 0 Å². The van der Waals surface area contributed by atoms with Crippen molar-refractivity contribution in [2.75, 3.05) is 0 Å². The SMILES string of the molecule is Cc1cn([Si](C)(C)C(C)(C)C)c2ncccc12. The molecule has 0 radical (unpaired) electrons. The molecule has 0 saturated carbocycles. The van der Waals surface area contributed by atoms with Gasteiger partial charge in [-0.25, -0.2) is 4.98 Å². The Morgan fingerprint density at radius 2 is 1.88 bits per heavy atom. The van der Waals surface area contributed by atoms with E-state index in [1.165, 1.54) is 10.9 Å². The third kappa shape index (κ3) is 1.82. The summed E-state index contributed by atoms with van der Waals surface area (Å²) in [5, 5.41) is 1.61. The van der Waals surface area contributed by atoms with Gasteiger partial charge in [0.25, 0.3) is 0 Å². The summed E-state index contributed by atoms with van der Waals surface area (Å²) >= 11 is 0. The van der Waals surface area contributed by atoms with Gasteiger partial charge in [-0.05, 0) is 29.7 Å². The van der Waals surface area contributed by atoms with Crippen molar-refractivity contribution in [1.82, 2.24) is 9.22 Å². The highest BCUT2D eigenvalue weighted by Crippen LogP contribution is 2.39. The van der Waals surface area contributed by atoms with Gasteiger partial charge < -0.3 is 4.23 Å². The van der Waals surface area contributed by atoms with E-state index >= 15 is 0 Å². The van der Waals surface area contributed by atoms with Gasteiger partial charge in [0, 0.05) is 17.8 Å². The van der Waals surface area contributed by atoms with Crippen LogP contribution >= 0.6 is 0 Å². The minimum Gasteiger partial charge on any atom is -0.359 e. The summed E-state index contributed by atoms with van der Waals surface area (Å²) in [5.74, 6) is 0. The van der Waals surface area contributed by atoms with Crippen LogP contribution in [0.4, 0.5) is 0 Å². The maximum atomic E-state index is 4.58. The van der Waals surface area contributed by atoms with E-state index in [1.54, 1.807) is 0 Å². The van der Waals surface area contributed by atoms with Crippen molar-refractivity contribution < 1.29 is 0 Å². The lowest BCUT2D eigenvalue weighted by atomic mass is 10.2. The molecule has 0 saturated heterocycles. The second-order valence-electron chi connectivity index (χ2n) is 6.37. The smallest absolute Gasteiger partial charge is 0.163 e. The number of rotatable bonds is 1. The Morgan fingerprint density at radius 1 is 1.24 bits per heavy atom. The number of aromatic nitrogens is 2. The number of fused-ring (bicyclic) bond motifs is 1. The normalized spacial score (nSPS) is 13.3. The molecule has 2 aromatic heterocycles. The van der Waals surface area contributed by atoms with Crippen molar-refractivity contribution in [3.63, 3.8) is 0 Å². The third-order valence-electron chi connectivity index (χ3n) is 4.20. The fraction of sp³-hybridized carbons (Fsp3) is 0.500. The van der Waals surface area contributed by atoms with Crippen LogP contribution in [0.1, 0.15) is 26.3 Å². The van der Waals surface area contributed by atoms with E-state index in [2.05, 4.69) is 62.3 Å². The van der Waals surface area contributed by atoms with E-state index in [1.807, 2.05) is 12.3 Å². The number of hydrogen-bond donors (Lipinski definition) is 0. The molecule has 2 rings (SSSR count). The standard InChI is InChI=1S/C14H22N2Si/c1-11-10-16(17(5,6)14(2,3)4)13-12(11)8-7-9-15-13/h7-10H,1-6H3. The largest absolute Gasteiger partial charge is 0.359 e. The zero-order valence-electron chi connectivity index (χ0n) is 11.7. The molecule has 17 heavy (non-hydrogen) atoms. The zero-order chi connectivity index (χ0) is 12.8. The van der Waals surface area contributed by atoms with Crippen LogP contribution in [-0.4, -0.2) is 17.5 Å². The van der Waals surface area contributed by atoms with Crippen LogP contribution in [0, 0.1) is 6.92 Å². The van der Waals surface area contributed by atoms with Crippen LogP contribution in [0.2, 0.25) is 18.1 Å². The van der Waals surface area contributed by atoms with Gasteiger partial charge in [-0.1, -0.05) is 33.9 Å². The molecule has 0 atom stereocenters. The molecule has 0 spiro atoms. The molecule has 2 nitrogen and oxygen atoms in total. The third-order valence-corrected chi connectivity index (χ3v) is 9.42. The highest BCUT2D eigenvalue weighted by molar-refractivity contribution is 6.79. The average molecular weight is 246 g/mol. The maximum Gasteiger partial charge on any atom is 0.163 e. The van der Waals surface area contributed by atoms with Crippen molar-refractivity contribution in [1.29, 1.82) is 0 Å². The second-order valence-corrected chi connectivity index (χ2v) is 11.5. The molecule has 2 aromatic rings. The number of nitrogens with zero attached hydrogens (tertiary/aromatic N) is 2. The number of pyridine rings is 1. The average Bonchev–Trinajstić information content (AvgIpc) is 2.56. The zero-order valence-corrected chi connectivity index (χ0v) is 12.7. The lowest BCUT2D eigenvalue weighted by molar-refractivity contribution is 0.702. The van der Waals surface area contributed by atoms with Crippen molar-refractivity contribution in [3.8, 4) is 0 Å². The Labute approximate surface area is 105 Å². The summed E-state index contributed by atoms with van der Waals surface area (Å²) in [4.78, 5) is 4.58. The molecule has 3 heteroatoms. The van der Waals surface area contributed by atoms with Gasteiger partial charge in [0.2, 0.25) is 0 Å². The van der Waals surface area contributed by atoms with Crippen molar-refractivity contribution in [2.45, 2.75) is 45.8 Å². The van der Waals surface area contributed by atoms with E-state index in [0.717, 1.165) is 5.65 Å². The second kappa shape index (κ2) is 3.70. The summed E-state index contributed by atoms with van der Waals surface area (Å²) in [7, 11) is -1.57. The summed E-state index contributed by atoms with van der Waals surface area (Å²) in [6, 6.07) is 4.19. The van der Waals surface area contributed by atoms with Gasteiger partial charge in [-0.15, -0.1) is 0 Å². The Hall–Kier alpha value is -1.09. The van der Waals surface area contributed by atoms with Crippen molar-refractivity contribution in [2.24, 2.45) is 0 Å². The van der Waals surface area contributed by atoms with Crippen LogP contribution in [0.3, 0.4) is 0 Å². The van der Waals surface area contributed by atoms with E-state index in [0.29, 0.717) is 5.04 Å². The number of hydrogen-bond acceptors (Lipinski definition) is 1. The highest BCUT2D eigenvalue weighted by Gasteiger charge is 2.38. The molecule has 2 heterocycles. The minimum absolute atomic E-state index is 0.322. The molecular weight excluding hydrogens is 224 g/mol. The Balaban J connectivity index is 2.72. The van der Waals surface area contributed by atoms with Crippen molar-refractivity contribution >= 4 is 19.3 Å². The lowest BCUT2D eigenvalue weighted by Crippen LogP contribution is -2.45. The van der Waals surface area contributed by atoms with E-state index in [4.69, 9.17) is 0 Å². The molecule has 0 N–H and O–H groups in total. The fourth-order valence-electron chi connectivity index (χ4n) is 2.01. The molecule has 0 unspecified atom stereocenters. The molecule has 0 fully saturated rings. The summed E-state index contributed by atoms with van der Waals surface area (Å²) in [6.45, 7) is 14.0. The van der Waals surface area contributed by atoms with Crippen LogP contribution in [0.15, 0.2) is 24.5 Å². The summed E-state index contributed by atoms with van der Waals surface area (Å²) < 4.78 is 2.46. The molecule has 0 amide bonds. The first-order valence-corrected chi connectivity index (χ1v) is 9.13. The van der Waals surface area contributed by atoms with Crippen LogP contribution in [0.25, 0.3) is 11.0 Å². The molecule has 92 valence electrons. The first-order chi connectivity index (χ1) is 7.75. The van der Waals surface area contributed by atoms with Gasteiger partial charge in [-0.2, -0.15) is 0 Å². The fourth-order valence-corrected chi connectivity index (χ4v) is 3.96. The molecule has 0 bridgehead atoms. The predicted molar refractivity (Wildman–Crippen MR) is 77.1 cm³/mol. The summed E-state index contributed by atoms with van der Waals surface area (Å²) in [5.41, 5.74) is 2.48. The van der Waals surface area contributed by atoms with Crippen LogP contribution < -0.4 is 0 Å². The van der Waals surface area contributed by atoms with Gasteiger partial charge in [0.1, 0.15) is 5.65 Å². The number of aryl methyl sites for hydroxylation is 1. The molecular formula is C14H22N2Si. The Kier molecular flexibility index (Phi) is 2.69.